The number of carbonyl (C=O) groups excluding carboxylic acids is 2. The van der Waals surface area contributed by atoms with E-state index in [0.717, 1.165) is 15.6 Å². The summed E-state index contributed by atoms with van der Waals surface area (Å²) >= 11 is 8.83. The largest absolute Gasteiger partial charge is 0.444 e. The van der Waals surface area contributed by atoms with Gasteiger partial charge in [0.25, 0.3) is 5.91 Å². The first-order valence-corrected chi connectivity index (χ1v) is 10.7. The van der Waals surface area contributed by atoms with Crippen LogP contribution in [0.3, 0.4) is 0 Å². The van der Waals surface area contributed by atoms with E-state index in [9.17, 15) is 9.59 Å². The van der Waals surface area contributed by atoms with Gasteiger partial charge in [-0.15, -0.1) is 22.7 Å². The number of thiazole rings is 1. The quantitative estimate of drug-likeness (QED) is 0.706. The van der Waals surface area contributed by atoms with Crippen LogP contribution in [-0.4, -0.2) is 58.6 Å². The van der Waals surface area contributed by atoms with Gasteiger partial charge >= 0.3 is 6.09 Å². The molecule has 0 saturated carbocycles. The zero-order chi connectivity index (χ0) is 19.8. The number of thiophene rings is 1. The van der Waals surface area contributed by atoms with Crippen LogP contribution in [0.15, 0.2) is 12.1 Å². The van der Waals surface area contributed by atoms with Gasteiger partial charge < -0.3 is 14.5 Å². The molecule has 0 radical (unpaired) electrons. The minimum Gasteiger partial charge on any atom is -0.444 e. The molecule has 0 N–H and O–H groups in total. The lowest BCUT2D eigenvalue weighted by atomic mass is 10.2. The van der Waals surface area contributed by atoms with Gasteiger partial charge in [0, 0.05) is 26.2 Å². The fraction of sp³-hybridized carbons (Fsp3) is 0.500. The molecule has 6 nitrogen and oxygen atoms in total. The minimum atomic E-state index is -0.523. The van der Waals surface area contributed by atoms with Crippen LogP contribution in [0.25, 0.3) is 9.88 Å². The molecule has 0 spiro atoms. The summed E-state index contributed by atoms with van der Waals surface area (Å²) < 4.78 is 6.10. The Hall–Kier alpha value is -1.64. The predicted octanol–water partition coefficient (Wildman–Crippen LogP) is 4.53. The van der Waals surface area contributed by atoms with Crippen LogP contribution in [0.4, 0.5) is 4.79 Å². The van der Waals surface area contributed by atoms with Crippen LogP contribution in [0, 0.1) is 6.92 Å². The second kappa shape index (κ2) is 7.77. The molecular formula is C18H22ClN3O3S2. The van der Waals surface area contributed by atoms with Crippen LogP contribution in [0.2, 0.25) is 4.34 Å². The number of aromatic nitrogens is 1. The monoisotopic (exact) mass is 427 g/mol. The van der Waals surface area contributed by atoms with Gasteiger partial charge in [0.1, 0.15) is 15.5 Å². The molecule has 27 heavy (non-hydrogen) atoms. The molecule has 0 aromatic carbocycles. The van der Waals surface area contributed by atoms with Gasteiger partial charge in [0.15, 0.2) is 0 Å². The molecule has 3 rings (SSSR count). The average Bonchev–Trinajstić information content (AvgIpc) is 3.18. The van der Waals surface area contributed by atoms with Crippen molar-refractivity contribution in [1.82, 2.24) is 14.8 Å². The smallest absolute Gasteiger partial charge is 0.410 e. The van der Waals surface area contributed by atoms with Crippen molar-refractivity contribution in [1.29, 1.82) is 0 Å². The Morgan fingerprint density at radius 1 is 1.11 bits per heavy atom. The lowest BCUT2D eigenvalue weighted by Crippen LogP contribution is -2.51. The van der Waals surface area contributed by atoms with Crippen LogP contribution in [0.1, 0.15) is 36.1 Å². The SMILES string of the molecule is Cc1nc(-c2ccc(Cl)s2)sc1C(=O)N1CCN(C(=O)OC(C)(C)C)CC1. The molecule has 0 atom stereocenters. The molecule has 3 heterocycles. The van der Waals surface area contributed by atoms with Crippen molar-refractivity contribution in [3.05, 3.63) is 27.0 Å². The average molecular weight is 428 g/mol. The molecule has 0 aliphatic carbocycles. The Kier molecular flexibility index (Phi) is 5.79. The lowest BCUT2D eigenvalue weighted by Gasteiger charge is -2.35. The van der Waals surface area contributed by atoms with Crippen LogP contribution >= 0.6 is 34.3 Å². The summed E-state index contributed by atoms with van der Waals surface area (Å²) in [4.78, 5) is 34.6. The maximum atomic E-state index is 12.9. The topological polar surface area (TPSA) is 62.7 Å². The molecule has 1 saturated heterocycles. The maximum Gasteiger partial charge on any atom is 0.410 e. The number of piperazine rings is 1. The minimum absolute atomic E-state index is 0.0391. The number of rotatable bonds is 2. The van der Waals surface area contributed by atoms with E-state index in [2.05, 4.69) is 4.98 Å². The van der Waals surface area contributed by atoms with Crippen molar-refractivity contribution in [2.45, 2.75) is 33.3 Å². The fourth-order valence-corrected chi connectivity index (χ4v) is 4.82. The van der Waals surface area contributed by atoms with Gasteiger partial charge in [-0.05, 0) is 39.8 Å². The third kappa shape index (κ3) is 4.80. The van der Waals surface area contributed by atoms with E-state index in [-0.39, 0.29) is 12.0 Å². The Morgan fingerprint density at radius 3 is 2.30 bits per heavy atom. The standard InChI is InChI=1S/C18H22ClN3O3S2/c1-11-14(27-15(20-11)12-5-6-13(19)26-12)16(23)21-7-9-22(10-8-21)17(24)25-18(2,3)4/h5-6H,7-10H2,1-4H3. The molecule has 0 unspecified atom stereocenters. The van der Waals surface area contributed by atoms with Crippen molar-refractivity contribution in [2.24, 2.45) is 0 Å². The van der Waals surface area contributed by atoms with Crippen LogP contribution in [-0.2, 0) is 4.74 Å². The summed E-state index contributed by atoms with van der Waals surface area (Å²) in [6.07, 6.45) is -0.333. The summed E-state index contributed by atoms with van der Waals surface area (Å²) in [5.41, 5.74) is 0.198. The Balaban J connectivity index is 1.64. The number of carbonyl (C=O) groups is 2. The van der Waals surface area contributed by atoms with E-state index >= 15 is 0 Å². The van der Waals surface area contributed by atoms with Gasteiger partial charge in [0.2, 0.25) is 0 Å². The van der Waals surface area contributed by atoms with Crippen LogP contribution in [0.5, 0.6) is 0 Å². The molecule has 146 valence electrons. The normalized spacial score (nSPS) is 15.1. The Bertz CT molecular complexity index is 848. The summed E-state index contributed by atoms with van der Waals surface area (Å²) in [5, 5.41) is 0.806. The molecule has 0 bridgehead atoms. The fourth-order valence-electron chi connectivity index (χ4n) is 2.69. The van der Waals surface area contributed by atoms with Crippen molar-refractivity contribution in [3.63, 3.8) is 0 Å². The Morgan fingerprint density at radius 2 is 1.74 bits per heavy atom. The number of halogens is 1. The van der Waals surface area contributed by atoms with Gasteiger partial charge in [0.05, 0.1) is 14.9 Å². The van der Waals surface area contributed by atoms with Gasteiger partial charge in [-0.3, -0.25) is 4.79 Å². The second-order valence-electron chi connectivity index (χ2n) is 7.30. The van der Waals surface area contributed by atoms with E-state index in [1.165, 1.54) is 22.7 Å². The van der Waals surface area contributed by atoms with E-state index < -0.39 is 5.60 Å². The van der Waals surface area contributed by atoms with Crippen LogP contribution < -0.4 is 0 Å². The molecule has 1 fully saturated rings. The zero-order valence-electron chi connectivity index (χ0n) is 15.7. The molecule has 9 heteroatoms. The first-order valence-electron chi connectivity index (χ1n) is 8.64. The van der Waals surface area contributed by atoms with E-state index in [4.69, 9.17) is 16.3 Å². The molecule has 1 aliphatic heterocycles. The van der Waals surface area contributed by atoms with Crippen molar-refractivity contribution in [3.8, 4) is 9.88 Å². The lowest BCUT2D eigenvalue weighted by molar-refractivity contribution is 0.0141. The van der Waals surface area contributed by atoms with Gasteiger partial charge in [-0.25, -0.2) is 9.78 Å². The Labute approximate surface area is 171 Å². The van der Waals surface area contributed by atoms with E-state index in [0.29, 0.717) is 35.4 Å². The summed E-state index contributed by atoms with van der Waals surface area (Å²) in [5.74, 6) is -0.0391. The summed E-state index contributed by atoms with van der Waals surface area (Å²) in [6, 6.07) is 3.74. The molecule has 2 amide bonds. The maximum absolute atomic E-state index is 12.9. The van der Waals surface area contributed by atoms with Gasteiger partial charge in [-0.1, -0.05) is 11.6 Å². The van der Waals surface area contributed by atoms with Crippen molar-refractivity contribution >= 4 is 46.3 Å². The summed E-state index contributed by atoms with van der Waals surface area (Å²) in [7, 11) is 0. The number of ether oxygens (including phenoxy) is 1. The number of hydrogen-bond acceptors (Lipinski definition) is 6. The summed E-state index contributed by atoms with van der Waals surface area (Å²) in [6.45, 7) is 9.27. The number of nitrogens with zero attached hydrogens (tertiary/aromatic N) is 3. The van der Waals surface area contributed by atoms with Crippen molar-refractivity contribution in [2.75, 3.05) is 26.2 Å². The number of aryl methyl sites for hydroxylation is 1. The highest BCUT2D eigenvalue weighted by atomic mass is 35.5. The van der Waals surface area contributed by atoms with E-state index in [1.54, 1.807) is 9.80 Å². The van der Waals surface area contributed by atoms with Gasteiger partial charge in [-0.2, -0.15) is 0 Å². The highest BCUT2D eigenvalue weighted by Crippen LogP contribution is 2.35. The zero-order valence-corrected chi connectivity index (χ0v) is 18.1. The third-order valence-electron chi connectivity index (χ3n) is 3.99. The van der Waals surface area contributed by atoms with Crippen molar-refractivity contribution < 1.29 is 14.3 Å². The number of hydrogen-bond donors (Lipinski definition) is 0. The molecular weight excluding hydrogens is 406 g/mol. The first-order chi connectivity index (χ1) is 12.6. The van der Waals surface area contributed by atoms with E-state index in [1.807, 2.05) is 39.8 Å². The number of amides is 2. The third-order valence-corrected chi connectivity index (χ3v) is 6.54. The molecule has 2 aromatic rings. The molecule has 1 aliphatic rings. The highest BCUT2D eigenvalue weighted by molar-refractivity contribution is 7.24. The second-order valence-corrected chi connectivity index (χ2v) is 10.0. The predicted molar refractivity (Wildman–Crippen MR) is 109 cm³/mol. The first kappa shape index (κ1) is 20.1. The highest BCUT2D eigenvalue weighted by Gasteiger charge is 2.29. The molecule has 2 aromatic heterocycles.